The van der Waals surface area contributed by atoms with E-state index in [1.165, 1.54) is 26.0 Å². The highest BCUT2D eigenvalue weighted by Crippen LogP contribution is 2.50. The van der Waals surface area contributed by atoms with E-state index < -0.39 is 39.0 Å². The van der Waals surface area contributed by atoms with Crippen LogP contribution in [0.4, 0.5) is 0 Å². The minimum absolute atomic E-state index is 0.0259. The Bertz CT molecular complexity index is 1470. The van der Waals surface area contributed by atoms with Gasteiger partial charge in [0.15, 0.2) is 0 Å². The molecule has 308 valence electrons. The summed E-state index contributed by atoms with van der Waals surface area (Å²) in [6, 6.07) is 19.8. The lowest BCUT2D eigenvalue weighted by Gasteiger charge is -2.41. The monoisotopic (exact) mass is 786 g/mol. The molecular weight excluding hydrogens is 721 g/mol. The van der Waals surface area contributed by atoms with Crippen molar-refractivity contribution in [1.82, 2.24) is 0 Å². The quantitative estimate of drug-likeness (QED) is 0.0544. The number of unbranched alkanes of at least 4 members (excludes halogenated alkanes) is 2. The Kier molecular flexibility index (Phi) is 19.9. The molecule has 0 spiro atoms. The number of methoxy groups -OCH3 is 2. The van der Waals surface area contributed by atoms with E-state index in [0.717, 1.165) is 24.0 Å². The molecule has 0 saturated heterocycles. The Labute approximate surface area is 333 Å². The molecule has 0 aromatic heterocycles. The van der Waals surface area contributed by atoms with Crippen LogP contribution in [0.3, 0.4) is 0 Å². The number of carbonyl (C=O) groups excluding carboxylic acids is 4. The summed E-state index contributed by atoms with van der Waals surface area (Å²) in [6.07, 6.45) is 3.37. The summed E-state index contributed by atoms with van der Waals surface area (Å²) >= 11 is 1.25. The molecule has 0 aliphatic rings. The second-order valence-electron chi connectivity index (χ2n) is 16.1. The fourth-order valence-electron chi connectivity index (χ4n) is 7.62. The Balaban J connectivity index is 2.53. The van der Waals surface area contributed by atoms with Crippen molar-refractivity contribution in [1.29, 1.82) is 0 Å². The second kappa shape index (κ2) is 23.0. The first-order valence-corrected chi connectivity index (χ1v) is 20.5. The predicted octanol–water partition coefficient (Wildman–Crippen LogP) is 7.96. The molecule has 5 unspecified atom stereocenters. The van der Waals surface area contributed by atoms with Crippen LogP contribution < -0.4 is 0 Å². The van der Waals surface area contributed by atoms with Crippen LogP contribution in [0, 0.1) is 10.8 Å². The third-order valence-electron chi connectivity index (χ3n) is 10.4. The van der Waals surface area contributed by atoms with Crippen molar-refractivity contribution in [2.45, 2.75) is 128 Å². The maximum absolute atomic E-state index is 14.0. The smallest absolute Gasteiger partial charge is 0.321 e. The molecule has 2 aromatic rings. The zero-order valence-electron chi connectivity index (χ0n) is 34.4. The van der Waals surface area contributed by atoms with Gasteiger partial charge in [0, 0.05) is 5.75 Å². The van der Waals surface area contributed by atoms with Gasteiger partial charge in [0.2, 0.25) is 0 Å². The summed E-state index contributed by atoms with van der Waals surface area (Å²) in [6.45, 7) is 11.8. The van der Waals surface area contributed by atoms with Crippen LogP contribution >= 0.6 is 11.8 Å². The molecule has 0 saturated carbocycles. The summed E-state index contributed by atoms with van der Waals surface area (Å²) in [7, 11) is 2.73. The van der Waals surface area contributed by atoms with Crippen LogP contribution in [0.5, 0.6) is 0 Å². The summed E-state index contributed by atoms with van der Waals surface area (Å²) in [5.74, 6) is -1.83. The SMILES string of the molecule is CCCCOC(=O)CCSC(C)(CC(C)(CC(CC(C)(CC(C)(C)c1ccccc1)C(=O)OC)c1ccccc1)C(=O)OC)C(=O)OCCCCC(O)CO. The highest BCUT2D eigenvalue weighted by atomic mass is 32.2. The van der Waals surface area contributed by atoms with Gasteiger partial charge in [0.05, 0.1) is 57.4 Å². The minimum Gasteiger partial charge on any atom is -0.469 e. The van der Waals surface area contributed by atoms with Crippen molar-refractivity contribution in [3.8, 4) is 0 Å². The molecule has 0 fully saturated rings. The maximum atomic E-state index is 14.0. The lowest BCUT2D eigenvalue weighted by atomic mass is 9.64. The van der Waals surface area contributed by atoms with Crippen LogP contribution in [0.15, 0.2) is 60.7 Å². The molecule has 0 bridgehead atoms. The Hall–Kier alpha value is -3.41. The second-order valence-corrected chi connectivity index (χ2v) is 17.7. The van der Waals surface area contributed by atoms with Gasteiger partial charge in [-0.3, -0.25) is 19.2 Å². The van der Waals surface area contributed by atoms with Gasteiger partial charge >= 0.3 is 23.9 Å². The number of ether oxygens (including phenoxy) is 4. The summed E-state index contributed by atoms with van der Waals surface area (Å²) < 4.78 is 20.8. The lowest BCUT2D eigenvalue weighted by Crippen LogP contribution is -2.44. The van der Waals surface area contributed by atoms with Gasteiger partial charge in [-0.15, -0.1) is 11.8 Å². The molecule has 55 heavy (non-hydrogen) atoms. The van der Waals surface area contributed by atoms with E-state index in [-0.39, 0.29) is 56.1 Å². The van der Waals surface area contributed by atoms with E-state index in [4.69, 9.17) is 24.1 Å². The van der Waals surface area contributed by atoms with E-state index in [2.05, 4.69) is 26.0 Å². The fraction of sp³-hybridized carbons (Fsp3) is 0.636. The molecule has 0 radical (unpaired) electrons. The molecule has 11 heteroatoms. The molecule has 2 aromatic carbocycles. The van der Waals surface area contributed by atoms with Crippen LogP contribution in [-0.2, 0) is 43.5 Å². The molecule has 0 aliphatic carbocycles. The van der Waals surface area contributed by atoms with E-state index >= 15 is 0 Å². The summed E-state index contributed by atoms with van der Waals surface area (Å²) in [5.41, 5.74) is -0.587. The number of esters is 4. The van der Waals surface area contributed by atoms with Crippen molar-refractivity contribution >= 4 is 35.6 Å². The third kappa shape index (κ3) is 15.2. The van der Waals surface area contributed by atoms with Crippen molar-refractivity contribution < 1.29 is 48.3 Å². The predicted molar refractivity (Wildman–Crippen MR) is 217 cm³/mol. The Morgan fingerprint density at radius 1 is 0.727 bits per heavy atom. The number of aliphatic hydroxyl groups is 2. The molecule has 0 heterocycles. The maximum Gasteiger partial charge on any atom is 0.321 e. The van der Waals surface area contributed by atoms with Crippen LogP contribution in [-0.4, -0.2) is 84.7 Å². The zero-order chi connectivity index (χ0) is 41.1. The van der Waals surface area contributed by atoms with Crippen molar-refractivity contribution in [2.75, 3.05) is 39.8 Å². The molecular formula is C44H66O10S. The van der Waals surface area contributed by atoms with E-state index in [1.807, 2.05) is 62.4 Å². The average molecular weight is 787 g/mol. The van der Waals surface area contributed by atoms with Gasteiger partial charge in [0.1, 0.15) is 4.75 Å². The topological polar surface area (TPSA) is 146 Å². The third-order valence-corrected chi connectivity index (χ3v) is 11.8. The first-order valence-electron chi connectivity index (χ1n) is 19.5. The van der Waals surface area contributed by atoms with Crippen molar-refractivity contribution in [2.24, 2.45) is 10.8 Å². The molecule has 2 rings (SSSR count). The van der Waals surface area contributed by atoms with E-state index in [1.54, 1.807) is 13.8 Å². The molecule has 5 atom stereocenters. The first-order chi connectivity index (χ1) is 26.0. The normalized spacial score (nSPS) is 16.0. The number of carbonyl (C=O) groups is 4. The summed E-state index contributed by atoms with van der Waals surface area (Å²) in [4.78, 5) is 54.4. The van der Waals surface area contributed by atoms with Gasteiger partial charge in [-0.25, -0.2) is 0 Å². The first kappa shape index (κ1) is 47.7. The van der Waals surface area contributed by atoms with Gasteiger partial charge in [-0.2, -0.15) is 0 Å². The number of hydrogen-bond acceptors (Lipinski definition) is 11. The van der Waals surface area contributed by atoms with Gasteiger partial charge in [-0.1, -0.05) is 87.9 Å². The largest absolute Gasteiger partial charge is 0.469 e. The number of rotatable bonds is 26. The molecule has 10 nitrogen and oxygen atoms in total. The van der Waals surface area contributed by atoms with Gasteiger partial charge in [0.25, 0.3) is 0 Å². The standard InChI is InChI=1S/C44H66O10S/c1-9-10-25-53-37(47)24-27-55-44(6,40(50)54-26-18-17-23-36(46)30-45)32-43(5,39(49)52-8)29-34(33-19-13-11-14-20-33)28-42(4,38(48)51-7)31-41(2,3)35-21-15-12-16-22-35/h11-16,19-22,34,36,45-46H,9-10,17-18,23-32H2,1-8H3. The molecule has 2 N–H and O–H groups in total. The Morgan fingerprint density at radius 3 is 1.82 bits per heavy atom. The fourth-order valence-corrected chi connectivity index (χ4v) is 8.93. The lowest BCUT2D eigenvalue weighted by molar-refractivity contribution is -0.156. The highest BCUT2D eigenvalue weighted by molar-refractivity contribution is 8.01. The van der Waals surface area contributed by atoms with Crippen LogP contribution in [0.1, 0.15) is 123 Å². The average Bonchev–Trinajstić information content (AvgIpc) is 3.17. The van der Waals surface area contributed by atoms with Gasteiger partial charge < -0.3 is 29.2 Å². The number of aliphatic hydroxyl groups excluding tert-OH is 2. The van der Waals surface area contributed by atoms with E-state index in [9.17, 15) is 24.3 Å². The van der Waals surface area contributed by atoms with Crippen LogP contribution in [0.25, 0.3) is 0 Å². The van der Waals surface area contributed by atoms with E-state index in [0.29, 0.717) is 38.7 Å². The van der Waals surface area contributed by atoms with Crippen molar-refractivity contribution in [3.63, 3.8) is 0 Å². The molecule has 0 aliphatic heterocycles. The highest BCUT2D eigenvalue weighted by Gasteiger charge is 2.50. The number of hydrogen-bond donors (Lipinski definition) is 2. The summed E-state index contributed by atoms with van der Waals surface area (Å²) in [5, 5.41) is 18.9. The zero-order valence-corrected chi connectivity index (χ0v) is 35.2. The van der Waals surface area contributed by atoms with Crippen molar-refractivity contribution in [3.05, 3.63) is 71.8 Å². The van der Waals surface area contributed by atoms with Gasteiger partial charge in [-0.05, 0) is 94.6 Å². The van der Waals surface area contributed by atoms with Crippen LogP contribution in [0.2, 0.25) is 0 Å². The Morgan fingerprint density at radius 2 is 1.27 bits per heavy atom. The minimum atomic E-state index is -1.28. The number of thioether (sulfide) groups is 1. The molecule has 0 amide bonds. The number of benzene rings is 2.